The van der Waals surface area contributed by atoms with Crippen LogP contribution in [0.15, 0.2) is 72.9 Å². The number of rotatable bonds is 4. The normalized spacial score (nSPS) is 10.9. The summed E-state index contributed by atoms with van der Waals surface area (Å²) in [4.78, 5) is 5.78. The van der Waals surface area contributed by atoms with Crippen LogP contribution in [0.4, 0.5) is 10.8 Å². The molecule has 0 spiro atoms. The van der Waals surface area contributed by atoms with Crippen LogP contribution >= 0.6 is 11.3 Å². The van der Waals surface area contributed by atoms with Crippen molar-refractivity contribution in [1.29, 1.82) is 0 Å². The molecule has 0 atom stereocenters. The molecule has 1 heterocycles. The predicted molar refractivity (Wildman–Crippen MR) is 103 cm³/mol. The van der Waals surface area contributed by atoms with E-state index >= 15 is 0 Å². The molecule has 0 aliphatic heterocycles. The monoisotopic (exact) mass is 330 g/mol. The van der Waals surface area contributed by atoms with Crippen LogP contribution in [0.25, 0.3) is 10.8 Å². The number of aromatic nitrogens is 1. The first-order valence-corrected chi connectivity index (χ1v) is 8.85. The summed E-state index contributed by atoms with van der Waals surface area (Å²) in [6.45, 7) is 2.09. The van der Waals surface area contributed by atoms with E-state index in [4.69, 9.17) is 0 Å². The molecule has 3 heteroatoms. The first-order valence-electron chi connectivity index (χ1n) is 8.03. The number of benzene rings is 3. The van der Waals surface area contributed by atoms with Crippen molar-refractivity contribution in [3.8, 4) is 0 Å². The van der Waals surface area contributed by atoms with Crippen LogP contribution in [0, 0.1) is 6.92 Å². The van der Waals surface area contributed by atoms with Gasteiger partial charge in [-0.15, -0.1) is 11.3 Å². The second-order valence-corrected chi connectivity index (χ2v) is 7.05. The van der Waals surface area contributed by atoms with Crippen molar-refractivity contribution in [3.63, 3.8) is 0 Å². The number of anilines is 2. The zero-order chi connectivity index (χ0) is 16.4. The quantitative estimate of drug-likeness (QED) is 0.501. The molecule has 1 aromatic heterocycles. The van der Waals surface area contributed by atoms with Gasteiger partial charge in [0, 0.05) is 23.2 Å². The molecule has 0 radical (unpaired) electrons. The maximum Gasteiger partial charge on any atom is 0.187 e. The molecule has 118 valence electrons. The number of hydrogen-bond donors (Lipinski definition) is 1. The third kappa shape index (κ3) is 3.17. The van der Waals surface area contributed by atoms with Crippen molar-refractivity contribution >= 4 is 32.9 Å². The van der Waals surface area contributed by atoms with E-state index in [1.54, 1.807) is 11.3 Å². The lowest BCUT2D eigenvalue weighted by Crippen LogP contribution is -1.88. The van der Waals surface area contributed by atoms with E-state index in [1.165, 1.54) is 26.8 Å². The van der Waals surface area contributed by atoms with Gasteiger partial charge in [-0.3, -0.25) is 0 Å². The molecule has 3 aromatic carbocycles. The van der Waals surface area contributed by atoms with Gasteiger partial charge in [0.2, 0.25) is 0 Å². The Morgan fingerprint density at radius 2 is 1.71 bits per heavy atom. The maximum absolute atomic E-state index is 4.52. The molecule has 24 heavy (non-hydrogen) atoms. The number of hydrogen-bond acceptors (Lipinski definition) is 3. The molecule has 0 amide bonds. The summed E-state index contributed by atoms with van der Waals surface area (Å²) in [7, 11) is 0. The number of aryl methyl sites for hydroxylation is 1. The average molecular weight is 330 g/mol. The van der Waals surface area contributed by atoms with Crippen LogP contribution in [0.1, 0.15) is 16.0 Å². The van der Waals surface area contributed by atoms with E-state index in [0.717, 1.165) is 17.2 Å². The minimum Gasteiger partial charge on any atom is -0.332 e. The molecule has 0 unspecified atom stereocenters. The third-order valence-electron chi connectivity index (χ3n) is 4.10. The Labute approximate surface area is 145 Å². The standard InChI is InChI=1S/C21H18N2S/c1-15-9-11-18(12-10-15)23-21-22-14-19(24-21)13-17-7-4-6-16-5-2-3-8-20(16)17/h2-12,14H,13H2,1H3,(H,22,23). The molecule has 4 aromatic rings. The summed E-state index contributed by atoms with van der Waals surface area (Å²) < 4.78 is 0. The second kappa shape index (κ2) is 6.46. The summed E-state index contributed by atoms with van der Waals surface area (Å²) in [6, 6.07) is 23.4. The van der Waals surface area contributed by atoms with Crippen LogP contribution in [-0.2, 0) is 6.42 Å². The largest absolute Gasteiger partial charge is 0.332 e. The Balaban J connectivity index is 1.55. The smallest absolute Gasteiger partial charge is 0.187 e. The molecule has 0 fully saturated rings. The molecule has 0 saturated carbocycles. The van der Waals surface area contributed by atoms with Crippen molar-refractivity contribution in [1.82, 2.24) is 4.98 Å². The Hall–Kier alpha value is -2.65. The molecular formula is C21H18N2S. The summed E-state index contributed by atoms with van der Waals surface area (Å²) in [5, 5.41) is 6.93. The highest BCUT2D eigenvalue weighted by atomic mass is 32.1. The number of fused-ring (bicyclic) bond motifs is 1. The van der Waals surface area contributed by atoms with Gasteiger partial charge in [-0.25, -0.2) is 4.98 Å². The zero-order valence-electron chi connectivity index (χ0n) is 13.5. The van der Waals surface area contributed by atoms with Crippen molar-refractivity contribution in [2.75, 3.05) is 5.32 Å². The molecule has 0 bridgehead atoms. The van der Waals surface area contributed by atoms with Gasteiger partial charge < -0.3 is 5.32 Å². The van der Waals surface area contributed by atoms with Gasteiger partial charge in [-0.05, 0) is 35.4 Å². The van der Waals surface area contributed by atoms with Gasteiger partial charge in [-0.1, -0.05) is 60.2 Å². The molecule has 1 N–H and O–H groups in total. The minimum absolute atomic E-state index is 0.911. The first-order chi connectivity index (χ1) is 11.8. The second-order valence-electron chi connectivity index (χ2n) is 5.94. The van der Waals surface area contributed by atoms with Crippen molar-refractivity contribution < 1.29 is 0 Å². The fraction of sp³-hybridized carbons (Fsp3) is 0.0952. The van der Waals surface area contributed by atoms with Crippen LogP contribution in [0.3, 0.4) is 0 Å². The van der Waals surface area contributed by atoms with Crippen molar-refractivity contribution in [2.45, 2.75) is 13.3 Å². The summed E-state index contributed by atoms with van der Waals surface area (Å²) >= 11 is 1.71. The van der Waals surface area contributed by atoms with Crippen molar-refractivity contribution in [3.05, 3.63) is 88.9 Å². The van der Waals surface area contributed by atoms with E-state index in [-0.39, 0.29) is 0 Å². The molecule has 0 saturated heterocycles. The number of thiazole rings is 1. The molecule has 0 aliphatic rings. The SMILES string of the molecule is Cc1ccc(Nc2ncc(Cc3cccc4ccccc34)s2)cc1. The van der Waals surface area contributed by atoms with Gasteiger partial charge in [0.05, 0.1) is 0 Å². The number of nitrogens with zero attached hydrogens (tertiary/aromatic N) is 1. The Kier molecular flexibility index (Phi) is 4.01. The molecular weight excluding hydrogens is 312 g/mol. The lowest BCUT2D eigenvalue weighted by Gasteiger charge is -2.05. The zero-order valence-corrected chi connectivity index (χ0v) is 14.3. The van der Waals surface area contributed by atoms with E-state index in [0.29, 0.717) is 0 Å². The lowest BCUT2D eigenvalue weighted by molar-refractivity contribution is 1.24. The van der Waals surface area contributed by atoms with Gasteiger partial charge in [0.15, 0.2) is 5.13 Å². The van der Waals surface area contributed by atoms with Gasteiger partial charge >= 0.3 is 0 Å². The van der Waals surface area contributed by atoms with Gasteiger partial charge in [0.1, 0.15) is 0 Å². The fourth-order valence-corrected chi connectivity index (χ4v) is 3.70. The van der Waals surface area contributed by atoms with Crippen LogP contribution in [0.5, 0.6) is 0 Å². The van der Waals surface area contributed by atoms with Crippen molar-refractivity contribution in [2.24, 2.45) is 0 Å². The molecule has 4 rings (SSSR count). The average Bonchev–Trinajstić information content (AvgIpc) is 3.04. The number of nitrogens with one attached hydrogen (secondary N) is 1. The Bertz CT molecular complexity index is 965. The molecule has 2 nitrogen and oxygen atoms in total. The van der Waals surface area contributed by atoms with Gasteiger partial charge in [0.25, 0.3) is 0 Å². The third-order valence-corrected chi connectivity index (χ3v) is 5.01. The van der Waals surface area contributed by atoms with Gasteiger partial charge in [-0.2, -0.15) is 0 Å². The fourth-order valence-electron chi connectivity index (χ4n) is 2.84. The highest BCUT2D eigenvalue weighted by molar-refractivity contribution is 7.15. The lowest BCUT2D eigenvalue weighted by atomic mass is 10.0. The Morgan fingerprint density at radius 1 is 0.917 bits per heavy atom. The van der Waals surface area contributed by atoms with Crippen LogP contribution < -0.4 is 5.32 Å². The highest BCUT2D eigenvalue weighted by Gasteiger charge is 2.06. The summed E-state index contributed by atoms with van der Waals surface area (Å²) in [6.07, 6.45) is 2.89. The molecule has 0 aliphatic carbocycles. The van der Waals surface area contributed by atoms with E-state index in [9.17, 15) is 0 Å². The van der Waals surface area contributed by atoms with E-state index in [2.05, 4.69) is 84.0 Å². The highest BCUT2D eigenvalue weighted by Crippen LogP contribution is 2.27. The topological polar surface area (TPSA) is 24.9 Å². The van der Waals surface area contributed by atoms with E-state index < -0.39 is 0 Å². The first kappa shape index (κ1) is 14.9. The summed E-state index contributed by atoms with van der Waals surface area (Å²) in [5.74, 6) is 0. The Morgan fingerprint density at radius 3 is 2.58 bits per heavy atom. The summed E-state index contributed by atoms with van der Waals surface area (Å²) in [5.41, 5.74) is 3.68. The minimum atomic E-state index is 0.911. The van der Waals surface area contributed by atoms with Crippen LogP contribution in [-0.4, -0.2) is 4.98 Å². The predicted octanol–water partition coefficient (Wildman–Crippen LogP) is 5.94. The van der Waals surface area contributed by atoms with E-state index in [1.807, 2.05) is 6.20 Å². The maximum atomic E-state index is 4.52. The van der Waals surface area contributed by atoms with Crippen LogP contribution in [0.2, 0.25) is 0 Å².